The normalized spacial score (nSPS) is 12.2. The molecule has 0 heterocycles. The van der Waals surface area contributed by atoms with E-state index in [1.807, 2.05) is 0 Å². The fourth-order valence-corrected chi connectivity index (χ4v) is 1.40. The van der Waals surface area contributed by atoms with Crippen molar-refractivity contribution in [1.82, 2.24) is 5.32 Å². The number of aliphatic hydroxyl groups excluding tert-OH is 1. The van der Waals surface area contributed by atoms with E-state index in [2.05, 4.69) is 10.1 Å². The fourth-order valence-electron chi connectivity index (χ4n) is 1.40. The van der Waals surface area contributed by atoms with Crippen molar-refractivity contribution in [1.29, 1.82) is 0 Å². The maximum Gasteiger partial charge on any atom is 0.224 e. The van der Waals surface area contributed by atoms with Crippen LogP contribution in [0.4, 0.5) is 8.78 Å². The molecule has 0 fully saturated rings. The van der Waals surface area contributed by atoms with Gasteiger partial charge in [0.05, 0.1) is 19.1 Å². The maximum atomic E-state index is 13.3. The summed E-state index contributed by atoms with van der Waals surface area (Å²) < 4.78 is 30.8. The Hall–Kier alpha value is -1.53. The number of carbonyl (C=O) groups excluding carboxylic acids is 1. The predicted molar refractivity (Wildman–Crippen MR) is 61.0 cm³/mol. The van der Waals surface area contributed by atoms with Crippen LogP contribution in [-0.4, -0.2) is 37.4 Å². The molecule has 4 nitrogen and oxygen atoms in total. The summed E-state index contributed by atoms with van der Waals surface area (Å²) in [5.74, 6) is -2.50. The molecular weight excluding hydrogens is 244 g/mol. The zero-order chi connectivity index (χ0) is 13.5. The average Bonchev–Trinajstić information content (AvgIpc) is 2.33. The third kappa shape index (κ3) is 4.38. The molecule has 0 radical (unpaired) electrons. The molecule has 0 aromatic heterocycles. The largest absolute Gasteiger partial charge is 0.389 e. The molecule has 1 unspecified atom stereocenters. The Kier molecular flexibility index (Phi) is 5.67. The second-order valence-electron chi connectivity index (χ2n) is 3.80. The molecule has 0 aliphatic rings. The van der Waals surface area contributed by atoms with Crippen molar-refractivity contribution >= 4 is 5.91 Å². The summed E-state index contributed by atoms with van der Waals surface area (Å²) in [7, 11) is 1.42. The lowest BCUT2D eigenvalue weighted by Crippen LogP contribution is -2.35. The van der Waals surface area contributed by atoms with Crippen molar-refractivity contribution in [2.75, 3.05) is 20.3 Å². The maximum absolute atomic E-state index is 13.3. The van der Waals surface area contributed by atoms with Gasteiger partial charge in [0.1, 0.15) is 0 Å². The highest BCUT2D eigenvalue weighted by atomic mass is 19.2. The number of aliphatic hydroxyl groups is 1. The van der Waals surface area contributed by atoms with Crippen molar-refractivity contribution < 1.29 is 23.4 Å². The highest BCUT2D eigenvalue weighted by molar-refractivity contribution is 5.78. The Morgan fingerprint density at radius 2 is 2.22 bits per heavy atom. The van der Waals surface area contributed by atoms with Gasteiger partial charge in [0, 0.05) is 19.2 Å². The van der Waals surface area contributed by atoms with Crippen LogP contribution in [0.3, 0.4) is 0 Å². The third-order valence-corrected chi connectivity index (χ3v) is 2.28. The topological polar surface area (TPSA) is 58.6 Å². The third-order valence-electron chi connectivity index (χ3n) is 2.28. The van der Waals surface area contributed by atoms with E-state index >= 15 is 0 Å². The highest BCUT2D eigenvalue weighted by Crippen LogP contribution is 2.11. The van der Waals surface area contributed by atoms with Gasteiger partial charge in [0.2, 0.25) is 5.91 Å². The van der Waals surface area contributed by atoms with Crippen LogP contribution in [0.5, 0.6) is 0 Å². The van der Waals surface area contributed by atoms with Crippen LogP contribution in [0.15, 0.2) is 18.2 Å². The van der Waals surface area contributed by atoms with Gasteiger partial charge in [-0.25, -0.2) is 8.78 Å². The van der Waals surface area contributed by atoms with Crippen LogP contribution in [-0.2, 0) is 16.0 Å². The first-order valence-corrected chi connectivity index (χ1v) is 5.41. The number of hydrogen-bond donors (Lipinski definition) is 2. The first-order chi connectivity index (χ1) is 8.54. The Labute approximate surface area is 104 Å². The first-order valence-electron chi connectivity index (χ1n) is 5.41. The number of methoxy groups -OCH3 is 1. The van der Waals surface area contributed by atoms with E-state index in [9.17, 15) is 18.7 Å². The Bertz CT molecular complexity index is 412. The lowest BCUT2D eigenvalue weighted by Gasteiger charge is -2.11. The molecule has 0 bridgehead atoms. The van der Waals surface area contributed by atoms with Crippen molar-refractivity contribution in [3.05, 3.63) is 35.4 Å². The minimum absolute atomic E-state index is 0.00358. The SMILES string of the molecule is COCC(O)CNC(=O)Cc1cccc(F)c1F. The summed E-state index contributed by atoms with van der Waals surface area (Å²) in [5, 5.41) is 11.7. The lowest BCUT2D eigenvalue weighted by molar-refractivity contribution is -0.121. The van der Waals surface area contributed by atoms with E-state index in [4.69, 9.17) is 0 Å². The van der Waals surface area contributed by atoms with Crippen LogP contribution < -0.4 is 5.32 Å². The second-order valence-corrected chi connectivity index (χ2v) is 3.80. The van der Waals surface area contributed by atoms with Gasteiger partial charge in [-0.1, -0.05) is 12.1 Å². The van der Waals surface area contributed by atoms with Crippen LogP contribution in [0.2, 0.25) is 0 Å². The molecule has 0 saturated heterocycles. The summed E-state index contributed by atoms with van der Waals surface area (Å²) in [6.45, 7) is 0.0955. The van der Waals surface area contributed by atoms with E-state index in [1.54, 1.807) is 0 Å². The number of amides is 1. The standard InChI is InChI=1S/C12H15F2NO3/c1-18-7-9(16)6-15-11(17)5-8-3-2-4-10(13)12(8)14/h2-4,9,16H,5-7H2,1H3,(H,15,17). The summed E-state index contributed by atoms with van der Waals surface area (Å²) in [4.78, 5) is 11.4. The summed E-state index contributed by atoms with van der Waals surface area (Å²) in [6, 6.07) is 3.66. The molecule has 2 N–H and O–H groups in total. The Morgan fingerprint density at radius 1 is 1.50 bits per heavy atom. The van der Waals surface area contributed by atoms with Gasteiger partial charge in [-0.05, 0) is 6.07 Å². The Morgan fingerprint density at radius 3 is 2.89 bits per heavy atom. The number of hydrogen-bond acceptors (Lipinski definition) is 3. The lowest BCUT2D eigenvalue weighted by atomic mass is 10.1. The fraction of sp³-hybridized carbons (Fsp3) is 0.417. The van der Waals surface area contributed by atoms with Gasteiger partial charge < -0.3 is 15.2 Å². The first kappa shape index (κ1) is 14.5. The second kappa shape index (κ2) is 7.03. The number of ether oxygens (including phenoxy) is 1. The number of halogens is 2. The van der Waals surface area contributed by atoms with E-state index in [0.29, 0.717) is 0 Å². The van der Waals surface area contributed by atoms with Gasteiger partial charge in [0.15, 0.2) is 11.6 Å². The van der Waals surface area contributed by atoms with E-state index in [1.165, 1.54) is 19.2 Å². The van der Waals surface area contributed by atoms with Crippen LogP contribution in [0, 0.1) is 11.6 Å². The molecule has 1 aromatic rings. The molecule has 0 aliphatic carbocycles. The number of nitrogens with one attached hydrogen (secondary N) is 1. The molecule has 0 spiro atoms. The van der Waals surface area contributed by atoms with Crippen molar-refractivity contribution in [2.45, 2.75) is 12.5 Å². The van der Waals surface area contributed by atoms with Gasteiger partial charge in [-0.3, -0.25) is 4.79 Å². The summed E-state index contributed by atoms with van der Waals surface area (Å²) >= 11 is 0. The predicted octanol–water partition coefficient (Wildman–Crippen LogP) is 0.631. The van der Waals surface area contributed by atoms with E-state index in [0.717, 1.165) is 6.07 Å². The Balaban J connectivity index is 2.47. The minimum Gasteiger partial charge on any atom is -0.389 e. The van der Waals surface area contributed by atoms with E-state index < -0.39 is 23.6 Å². The van der Waals surface area contributed by atoms with E-state index in [-0.39, 0.29) is 25.1 Å². The zero-order valence-corrected chi connectivity index (χ0v) is 9.95. The van der Waals surface area contributed by atoms with Gasteiger partial charge >= 0.3 is 0 Å². The quantitative estimate of drug-likeness (QED) is 0.788. The van der Waals surface area contributed by atoms with Gasteiger partial charge in [-0.15, -0.1) is 0 Å². The van der Waals surface area contributed by atoms with Crippen molar-refractivity contribution in [2.24, 2.45) is 0 Å². The molecule has 1 atom stereocenters. The molecule has 1 aromatic carbocycles. The molecule has 0 aliphatic heterocycles. The zero-order valence-electron chi connectivity index (χ0n) is 9.95. The summed E-state index contributed by atoms with van der Waals surface area (Å²) in [5.41, 5.74) is -0.0197. The molecular formula is C12H15F2NO3. The van der Waals surface area contributed by atoms with Crippen LogP contribution in [0.25, 0.3) is 0 Å². The average molecular weight is 259 g/mol. The van der Waals surface area contributed by atoms with Gasteiger partial charge in [-0.2, -0.15) is 0 Å². The molecule has 6 heteroatoms. The van der Waals surface area contributed by atoms with Crippen LogP contribution in [0.1, 0.15) is 5.56 Å². The molecule has 100 valence electrons. The number of rotatable bonds is 6. The smallest absolute Gasteiger partial charge is 0.224 e. The monoisotopic (exact) mass is 259 g/mol. The van der Waals surface area contributed by atoms with Crippen molar-refractivity contribution in [3.8, 4) is 0 Å². The summed E-state index contributed by atoms with van der Waals surface area (Å²) in [6.07, 6.45) is -1.10. The minimum atomic E-state index is -1.02. The van der Waals surface area contributed by atoms with Crippen LogP contribution >= 0.6 is 0 Å². The number of carbonyl (C=O) groups is 1. The molecule has 1 rings (SSSR count). The van der Waals surface area contributed by atoms with Gasteiger partial charge in [0.25, 0.3) is 0 Å². The molecule has 1 amide bonds. The molecule has 0 saturated carbocycles. The highest BCUT2D eigenvalue weighted by Gasteiger charge is 2.12. The van der Waals surface area contributed by atoms with Crippen molar-refractivity contribution in [3.63, 3.8) is 0 Å². The number of benzene rings is 1. The molecule has 18 heavy (non-hydrogen) atoms.